The molecule has 0 aromatic heterocycles. The van der Waals surface area contributed by atoms with E-state index in [9.17, 15) is 4.39 Å². The van der Waals surface area contributed by atoms with E-state index in [1.807, 2.05) is 18.2 Å². The Bertz CT molecular complexity index is 755. The number of piperidine rings is 1. The predicted octanol–water partition coefficient (Wildman–Crippen LogP) is 4.82. The van der Waals surface area contributed by atoms with Crippen LogP contribution in [0.3, 0.4) is 0 Å². The quantitative estimate of drug-likeness (QED) is 0.701. The van der Waals surface area contributed by atoms with Gasteiger partial charge in [0.15, 0.2) is 11.5 Å². The second kappa shape index (κ2) is 8.49. The molecule has 3 rings (SSSR count). The second-order valence-electron chi connectivity index (χ2n) is 6.73. The van der Waals surface area contributed by atoms with Gasteiger partial charge in [-0.05, 0) is 48.6 Å². The number of benzene rings is 2. The van der Waals surface area contributed by atoms with Crippen LogP contribution in [0.4, 0.5) is 4.39 Å². The average Bonchev–Trinajstić information content (AvgIpc) is 2.67. The number of hydrogen-bond acceptors (Lipinski definition) is 3. The SMILES string of the molecule is COc1cccc(C(=S)N2CCC(C)CC2)c1OCc1ccc(F)cc1. The molecule has 0 N–H and O–H groups in total. The molecule has 0 spiro atoms. The fraction of sp³-hybridized carbons (Fsp3) is 0.381. The molecule has 0 atom stereocenters. The van der Waals surface area contributed by atoms with E-state index in [0.717, 1.165) is 48.0 Å². The number of ether oxygens (including phenoxy) is 2. The zero-order valence-corrected chi connectivity index (χ0v) is 16.0. The van der Waals surface area contributed by atoms with Crippen molar-refractivity contribution in [3.63, 3.8) is 0 Å². The lowest BCUT2D eigenvalue weighted by molar-refractivity contribution is 0.275. The maximum absolute atomic E-state index is 13.1. The third-order valence-corrected chi connectivity index (χ3v) is 5.27. The molecule has 1 aliphatic rings. The van der Waals surface area contributed by atoms with E-state index in [1.165, 1.54) is 12.1 Å². The van der Waals surface area contributed by atoms with Crippen molar-refractivity contribution in [2.75, 3.05) is 20.2 Å². The third kappa shape index (κ3) is 4.33. The van der Waals surface area contributed by atoms with E-state index in [4.69, 9.17) is 21.7 Å². The van der Waals surface area contributed by atoms with Crippen LogP contribution in [0.15, 0.2) is 42.5 Å². The van der Waals surface area contributed by atoms with Gasteiger partial charge < -0.3 is 14.4 Å². The lowest BCUT2D eigenvalue weighted by atomic mass is 9.98. The number of hydrogen-bond donors (Lipinski definition) is 0. The van der Waals surface area contributed by atoms with Crippen LogP contribution in [0.25, 0.3) is 0 Å². The van der Waals surface area contributed by atoms with Crippen LogP contribution >= 0.6 is 12.2 Å². The Hall–Kier alpha value is -2.14. The van der Waals surface area contributed by atoms with Crippen molar-refractivity contribution in [1.29, 1.82) is 0 Å². The Kier molecular flexibility index (Phi) is 6.09. The summed E-state index contributed by atoms with van der Waals surface area (Å²) in [6.07, 6.45) is 2.30. The first-order valence-corrected chi connectivity index (χ1v) is 9.33. The highest BCUT2D eigenvalue weighted by molar-refractivity contribution is 7.80. The molecule has 138 valence electrons. The van der Waals surface area contributed by atoms with Crippen LogP contribution < -0.4 is 9.47 Å². The molecule has 1 fully saturated rings. The number of methoxy groups -OCH3 is 1. The zero-order valence-electron chi connectivity index (χ0n) is 15.2. The lowest BCUT2D eigenvalue weighted by Crippen LogP contribution is -2.37. The van der Waals surface area contributed by atoms with E-state index in [0.29, 0.717) is 18.1 Å². The standard InChI is InChI=1S/C21H24FNO2S/c1-15-10-12-23(13-11-15)21(26)18-4-3-5-19(24-2)20(18)25-14-16-6-8-17(22)9-7-16/h3-9,15H,10-14H2,1-2H3. The Morgan fingerprint density at radius 1 is 1.15 bits per heavy atom. The fourth-order valence-electron chi connectivity index (χ4n) is 3.11. The van der Waals surface area contributed by atoms with Gasteiger partial charge in [-0.2, -0.15) is 0 Å². The maximum Gasteiger partial charge on any atom is 0.171 e. The molecule has 0 radical (unpaired) electrons. The van der Waals surface area contributed by atoms with Gasteiger partial charge in [0.25, 0.3) is 0 Å². The summed E-state index contributed by atoms with van der Waals surface area (Å²) in [5, 5.41) is 0. The van der Waals surface area contributed by atoms with Gasteiger partial charge in [-0.15, -0.1) is 0 Å². The van der Waals surface area contributed by atoms with Crippen molar-refractivity contribution in [1.82, 2.24) is 4.90 Å². The smallest absolute Gasteiger partial charge is 0.171 e. The van der Waals surface area contributed by atoms with Crippen molar-refractivity contribution < 1.29 is 13.9 Å². The van der Waals surface area contributed by atoms with Crippen LogP contribution in [0.5, 0.6) is 11.5 Å². The predicted molar refractivity (Wildman–Crippen MR) is 105 cm³/mol. The molecule has 2 aromatic rings. The highest BCUT2D eigenvalue weighted by Crippen LogP contribution is 2.34. The van der Waals surface area contributed by atoms with Gasteiger partial charge in [-0.1, -0.05) is 37.3 Å². The van der Waals surface area contributed by atoms with Crippen LogP contribution in [0.2, 0.25) is 0 Å². The van der Waals surface area contributed by atoms with Gasteiger partial charge in [-0.3, -0.25) is 0 Å². The molecule has 5 heteroatoms. The van der Waals surface area contributed by atoms with Crippen molar-refractivity contribution in [2.45, 2.75) is 26.4 Å². The molecule has 26 heavy (non-hydrogen) atoms. The van der Waals surface area contributed by atoms with E-state index >= 15 is 0 Å². The summed E-state index contributed by atoms with van der Waals surface area (Å²) in [5.74, 6) is 1.78. The van der Waals surface area contributed by atoms with Crippen molar-refractivity contribution in [3.05, 3.63) is 59.4 Å². The molecule has 0 bridgehead atoms. The number of rotatable bonds is 5. The molecule has 1 heterocycles. The topological polar surface area (TPSA) is 21.7 Å². The summed E-state index contributed by atoms with van der Waals surface area (Å²) in [4.78, 5) is 3.04. The first-order valence-electron chi connectivity index (χ1n) is 8.92. The van der Waals surface area contributed by atoms with Gasteiger partial charge in [0.2, 0.25) is 0 Å². The minimum absolute atomic E-state index is 0.257. The Balaban J connectivity index is 1.81. The highest BCUT2D eigenvalue weighted by Gasteiger charge is 2.22. The molecule has 0 saturated carbocycles. The summed E-state index contributed by atoms with van der Waals surface area (Å²) in [7, 11) is 1.62. The summed E-state index contributed by atoms with van der Waals surface area (Å²) in [6.45, 7) is 4.54. The first-order chi connectivity index (χ1) is 12.6. The lowest BCUT2D eigenvalue weighted by Gasteiger charge is -2.33. The van der Waals surface area contributed by atoms with Crippen molar-refractivity contribution in [3.8, 4) is 11.5 Å². The Morgan fingerprint density at radius 3 is 2.50 bits per heavy atom. The fourth-order valence-corrected chi connectivity index (χ4v) is 3.46. The van der Waals surface area contributed by atoms with Crippen LogP contribution in [0, 0.1) is 11.7 Å². The molecule has 3 nitrogen and oxygen atoms in total. The number of para-hydroxylation sites is 1. The summed E-state index contributed by atoms with van der Waals surface area (Å²) in [6, 6.07) is 12.1. The zero-order chi connectivity index (χ0) is 18.5. The van der Waals surface area contributed by atoms with Gasteiger partial charge in [0.1, 0.15) is 17.4 Å². The van der Waals surface area contributed by atoms with E-state index in [1.54, 1.807) is 19.2 Å². The summed E-state index contributed by atoms with van der Waals surface area (Å²) >= 11 is 5.76. The van der Waals surface area contributed by atoms with Gasteiger partial charge in [-0.25, -0.2) is 4.39 Å². The monoisotopic (exact) mass is 373 g/mol. The van der Waals surface area contributed by atoms with Crippen LogP contribution in [0.1, 0.15) is 30.9 Å². The molecule has 0 aliphatic carbocycles. The van der Waals surface area contributed by atoms with E-state index in [2.05, 4.69) is 11.8 Å². The molecule has 1 saturated heterocycles. The maximum atomic E-state index is 13.1. The number of nitrogens with zero attached hydrogens (tertiary/aromatic N) is 1. The molecular weight excluding hydrogens is 349 g/mol. The normalized spacial score (nSPS) is 15.0. The molecule has 0 amide bonds. The van der Waals surface area contributed by atoms with Crippen molar-refractivity contribution in [2.24, 2.45) is 5.92 Å². The first kappa shape index (κ1) is 18.6. The van der Waals surface area contributed by atoms with Crippen molar-refractivity contribution >= 4 is 17.2 Å². The second-order valence-corrected chi connectivity index (χ2v) is 7.11. The molecule has 0 unspecified atom stereocenters. The third-order valence-electron chi connectivity index (χ3n) is 4.80. The molecule has 1 aliphatic heterocycles. The molecule has 2 aromatic carbocycles. The largest absolute Gasteiger partial charge is 0.493 e. The highest BCUT2D eigenvalue weighted by atomic mass is 32.1. The Morgan fingerprint density at radius 2 is 1.85 bits per heavy atom. The number of likely N-dealkylation sites (tertiary alicyclic amines) is 1. The van der Waals surface area contributed by atoms with Crippen LogP contribution in [-0.4, -0.2) is 30.1 Å². The summed E-state index contributed by atoms with van der Waals surface area (Å²) in [5.41, 5.74) is 1.76. The minimum Gasteiger partial charge on any atom is -0.493 e. The summed E-state index contributed by atoms with van der Waals surface area (Å²) < 4.78 is 24.6. The number of halogens is 1. The van der Waals surface area contributed by atoms with Gasteiger partial charge >= 0.3 is 0 Å². The van der Waals surface area contributed by atoms with E-state index < -0.39 is 0 Å². The van der Waals surface area contributed by atoms with E-state index in [-0.39, 0.29) is 5.82 Å². The minimum atomic E-state index is -0.257. The van der Waals surface area contributed by atoms with Crippen LogP contribution in [-0.2, 0) is 6.61 Å². The Labute approximate surface area is 159 Å². The average molecular weight is 373 g/mol. The number of thiocarbonyl (C=S) groups is 1. The van der Waals surface area contributed by atoms with Gasteiger partial charge in [0.05, 0.1) is 12.7 Å². The molecular formula is C21H24FNO2S. The van der Waals surface area contributed by atoms with Gasteiger partial charge in [0, 0.05) is 13.1 Å².